The third-order valence-corrected chi connectivity index (χ3v) is 3.00. The van der Waals surface area contributed by atoms with Gasteiger partial charge in [-0.3, -0.25) is 0 Å². The molecule has 19 heavy (non-hydrogen) atoms. The lowest BCUT2D eigenvalue weighted by atomic mass is 10.1. The van der Waals surface area contributed by atoms with Gasteiger partial charge in [-0.1, -0.05) is 6.07 Å². The zero-order valence-electron chi connectivity index (χ0n) is 9.23. The largest absolute Gasteiger partial charge is 0.478 e. The van der Waals surface area contributed by atoms with E-state index in [2.05, 4.69) is 9.97 Å². The number of alkyl halides is 3. The third kappa shape index (κ3) is 3.28. The maximum atomic E-state index is 12.4. The number of imidazole rings is 1. The molecule has 100 valence electrons. The van der Waals surface area contributed by atoms with E-state index in [1.54, 1.807) is 0 Å². The molecule has 1 aromatic carbocycles. The smallest absolute Gasteiger partial charge is 0.446 e. The van der Waals surface area contributed by atoms with Crippen molar-refractivity contribution in [1.29, 1.82) is 0 Å². The van der Waals surface area contributed by atoms with Gasteiger partial charge in [0.2, 0.25) is 0 Å². The maximum absolute atomic E-state index is 12.4. The number of hydrogen-bond donors (Lipinski definition) is 2. The third-order valence-electron chi connectivity index (χ3n) is 2.20. The van der Waals surface area contributed by atoms with Crippen LogP contribution in [0.5, 0.6) is 0 Å². The Bertz CT molecular complexity index is 649. The van der Waals surface area contributed by atoms with E-state index in [9.17, 15) is 18.0 Å². The van der Waals surface area contributed by atoms with Crippen LogP contribution in [0.25, 0.3) is 17.1 Å². The van der Waals surface area contributed by atoms with Gasteiger partial charge in [0, 0.05) is 16.5 Å². The molecule has 0 unspecified atom stereocenters. The molecule has 1 aromatic heterocycles. The molecule has 0 aliphatic carbocycles. The number of halogens is 3. The van der Waals surface area contributed by atoms with Crippen molar-refractivity contribution < 1.29 is 23.1 Å². The number of carboxylic acids is 1. The predicted molar refractivity (Wildman–Crippen MR) is 64.7 cm³/mol. The summed E-state index contributed by atoms with van der Waals surface area (Å²) in [7, 11) is 0. The van der Waals surface area contributed by atoms with Crippen LogP contribution in [-0.4, -0.2) is 26.6 Å². The Labute approximate surface area is 109 Å². The highest BCUT2D eigenvalue weighted by atomic mass is 32.2. The highest BCUT2D eigenvalue weighted by Gasteiger charge is 2.30. The lowest BCUT2D eigenvalue weighted by Gasteiger charge is -2.07. The number of carbonyl (C=O) groups is 1. The van der Waals surface area contributed by atoms with Gasteiger partial charge in [-0.2, -0.15) is 13.2 Å². The number of nitrogens with zero attached hydrogens (tertiary/aromatic N) is 1. The molecule has 0 aliphatic rings. The number of aromatic amines is 1. The lowest BCUT2D eigenvalue weighted by molar-refractivity contribution is -0.131. The summed E-state index contributed by atoms with van der Waals surface area (Å²) in [6.45, 7) is 0. The van der Waals surface area contributed by atoms with Crippen molar-refractivity contribution >= 4 is 34.8 Å². The molecule has 8 heteroatoms. The minimum Gasteiger partial charge on any atom is -0.478 e. The van der Waals surface area contributed by atoms with E-state index in [-0.39, 0.29) is 22.2 Å². The number of thioether (sulfide) groups is 1. The van der Waals surface area contributed by atoms with E-state index in [0.717, 1.165) is 6.08 Å². The van der Waals surface area contributed by atoms with Crippen LogP contribution >= 0.6 is 11.8 Å². The van der Waals surface area contributed by atoms with E-state index in [1.165, 1.54) is 24.5 Å². The number of aromatic nitrogens is 2. The first-order valence-electron chi connectivity index (χ1n) is 4.99. The number of hydrogen-bond acceptors (Lipinski definition) is 3. The molecule has 0 saturated carbocycles. The Balaban J connectivity index is 2.47. The zero-order valence-corrected chi connectivity index (χ0v) is 10.0. The summed E-state index contributed by atoms with van der Waals surface area (Å²) < 4.78 is 37.1. The molecule has 0 atom stereocenters. The van der Waals surface area contributed by atoms with Crippen molar-refractivity contribution in [3.63, 3.8) is 0 Å². The average molecular weight is 288 g/mol. The monoisotopic (exact) mass is 288 g/mol. The summed E-state index contributed by atoms with van der Waals surface area (Å²) in [6, 6.07) is 2.68. The first-order chi connectivity index (χ1) is 8.87. The Morgan fingerprint density at radius 3 is 2.79 bits per heavy atom. The minimum absolute atomic E-state index is 0.00697. The molecule has 4 nitrogen and oxygen atoms in total. The van der Waals surface area contributed by atoms with Crippen LogP contribution < -0.4 is 0 Å². The van der Waals surface area contributed by atoms with Crippen molar-refractivity contribution in [3.8, 4) is 0 Å². The topological polar surface area (TPSA) is 66.0 Å². The van der Waals surface area contributed by atoms with Crippen molar-refractivity contribution in [2.75, 3.05) is 0 Å². The first-order valence-corrected chi connectivity index (χ1v) is 5.81. The fourth-order valence-electron chi connectivity index (χ4n) is 1.53. The minimum atomic E-state index is -4.39. The number of fused-ring (bicyclic) bond motifs is 1. The Kier molecular flexibility index (Phi) is 3.52. The van der Waals surface area contributed by atoms with E-state index in [4.69, 9.17) is 5.11 Å². The van der Waals surface area contributed by atoms with Crippen molar-refractivity contribution in [2.45, 2.75) is 10.4 Å². The summed E-state index contributed by atoms with van der Waals surface area (Å²) in [6.07, 6.45) is 3.46. The number of rotatable bonds is 3. The van der Waals surface area contributed by atoms with Crippen LogP contribution in [-0.2, 0) is 4.79 Å². The van der Waals surface area contributed by atoms with E-state index in [1.807, 2.05) is 0 Å². The fraction of sp³-hybridized carbons (Fsp3) is 0.0909. The standard InChI is InChI=1S/C11H7F3N2O2S/c12-11(13,14)19-7-3-1-6(2-4-8(17)18)9-10(7)16-5-15-9/h1-5H,(H,15,16)(H,17,18)/b4-2+. The summed E-state index contributed by atoms with van der Waals surface area (Å²) in [5, 5.41) is 8.54. The normalized spacial score (nSPS) is 12.4. The van der Waals surface area contributed by atoms with E-state index < -0.39 is 11.5 Å². The molecule has 0 spiro atoms. The lowest BCUT2D eigenvalue weighted by Crippen LogP contribution is -1.99. The summed E-state index contributed by atoms with van der Waals surface area (Å²) in [4.78, 5) is 17.0. The molecule has 2 N–H and O–H groups in total. The molecular formula is C11H7F3N2O2S. The molecule has 0 bridgehead atoms. The van der Waals surface area contributed by atoms with Gasteiger partial charge in [0.1, 0.15) is 0 Å². The number of nitrogens with one attached hydrogen (secondary N) is 1. The van der Waals surface area contributed by atoms with Gasteiger partial charge in [-0.15, -0.1) is 0 Å². The molecule has 2 rings (SSSR count). The number of carboxylic acid groups (broad SMARTS) is 1. The van der Waals surface area contributed by atoms with Crippen molar-refractivity contribution in [2.24, 2.45) is 0 Å². The summed E-state index contributed by atoms with van der Waals surface area (Å²) in [5.74, 6) is -1.14. The van der Waals surface area contributed by atoms with Crippen LogP contribution in [0.1, 0.15) is 5.56 Å². The number of aliphatic carboxylic acids is 1. The second-order valence-corrected chi connectivity index (χ2v) is 4.61. The van der Waals surface area contributed by atoms with Crippen molar-refractivity contribution in [1.82, 2.24) is 9.97 Å². The summed E-state index contributed by atoms with van der Waals surface area (Å²) >= 11 is -0.244. The predicted octanol–water partition coefficient (Wildman–Crippen LogP) is 3.27. The molecular weight excluding hydrogens is 281 g/mol. The van der Waals surface area contributed by atoms with Crippen LogP contribution in [0.4, 0.5) is 13.2 Å². The van der Waals surface area contributed by atoms with Crippen LogP contribution in [0.2, 0.25) is 0 Å². The Morgan fingerprint density at radius 1 is 1.42 bits per heavy atom. The molecule has 0 fully saturated rings. The molecule has 2 aromatic rings. The molecule has 1 heterocycles. The van der Waals surface area contributed by atoms with Gasteiger partial charge in [0.15, 0.2) is 0 Å². The number of benzene rings is 1. The van der Waals surface area contributed by atoms with Crippen molar-refractivity contribution in [3.05, 3.63) is 30.1 Å². The molecule has 0 radical (unpaired) electrons. The van der Waals surface area contributed by atoms with Gasteiger partial charge in [-0.25, -0.2) is 9.78 Å². The second kappa shape index (κ2) is 4.96. The van der Waals surface area contributed by atoms with Gasteiger partial charge in [-0.05, 0) is 23.9 Å². The Morgan fingerprint density at radius 2 is 2.16 bits per heavy atom. The second-order valence-electron chi connectivity index (χ2n) is 3.50. The molecule has 0 aliphatic heterocycles. The highest BCUT2D eigenvalue weighted by molar-refractivity contribution is 8.00. The van der Waals surface area contributed by atoms with Crippen LogP contribution in [0, 0.1) is 0 Å². The SMILES string of the molecule is O=C(O)/C=C/c1ccc(SC(F)(F)F)c2[nH]cnc12. The van der Waals surface area contributed by atoms with Crippen LogP contribution in [0.3, 0.4) is 0 Å². The van der Waals surface area contributed by atoms with Gasteiger partial charge >= 0.3 is 11.5 Å². The average Bonchev–Trinajstić information content (AvgIpc) is 2.75. The molecule has 0 amide bonds. The molecule has 0 saturated heterocycles. The fourth-order valence-corrected chi connectivity index (χ4v) is 2.18. The Hall–Kier alpha value is -1.96. The van der Waals surface area contributed by atoms with E-state index >= 15 is 0 Å². The van der Waals surface area contributed by atoms with Gasteiger partial charge < -0.3 is 10.1 Å². The first kappa shape index (κ1) is 13.5. The number of H-pyrrole nitrogens is 1. The zero-order chi connectivity index (χ0) is 14.0. The van der Waals surface area contributed by atoms with E-state index in [0.29, 0.717) is 11.1 Å². The van der Waals surface area contributed by atoms with Crippen LogP contribution in [0.15, 0.2) is 29.4 Å². The summed E-state index contributed by atoms with van der Waals surface area (Å²) in [5.41, 5.74) is -3.43. The quantitative estimate of drug-likeness (QED) is 0.672. The van der Waals surface area contributed by atoms with Gasteiger partial charge in [0.25, 0.3) is 0 Å². The highest BCUT2D eigenvalue weighted by Crippen LogP contribution is 2.40. The maximum Gasteiger partial charge on any atom is 0.446 e. The van der Waals surface area contributed by atoms with Gasteiger partial charge in [0.05, 0.1) is 17.4 Å².